The Bertz CT molecular complexity index is 757. The molecule has 0 radical (unpaired) electrons. The van der Waals surface area contributed by atoms with Crippen LogP contribution in [0, 0.1) is 13.8 Å². The molecule has 2 aromatic rings. The zero-order valence-electron chi connectivity index (χ0n) is 15.9. The Hall–Kier alpha value is -1.20. The van der Waals surface area contributed by atoms with Crippen molar-refractivity contribution in [2.75, 3.05) is 20.6 Å². The minimum absolute atomic E-state index is 0. The Balaban J connectivity index is 0.00000364. The molecule has 1 amide bonds. The minimum Gasteiger partial charge on any atom is -0.350 e. The number of amides is 1. The Morgan fingerprint density at radius 1 is 1.22 bits per heavy atom. The molecule has 0 saturated heterocycles. The van der Waals surface area contributed by atoms with Crippen molar-refractivity contribution in [3.63, 3.8) is 0 Å². The van der Waals surface area contributed by atoms with E-state index in [0.717, 1.165) is 20.7 Å². The fourth-order valence-electron chi connectivity index (χ4n) is 2.03. The molecule has 2 N–H and O–H groups in total. The number of rotatable bonds is 6. The third-order valence-corrected chi connectivity index (χ3v) is 5.32. The summed E-state index contributed by atoms with van der Waals surface area (Å²) in [7, 11) is 3.47. The number of halogens is 2. The number of hydrogen-bond acceptors (Lipinski definition) is 4. The van der Waals surface area contributed by atoms with E-state index in [9.17, 15) is 4.79 Å². The first-order valence-electron chi connectivity index (χ1n) is 8.25. The first-order valence-corrected chi connectivity index (χ1v) is 9.86. The molecule has 0 saturated carbocycles. The van der Waals surface area contributed by atoms with E-state index in [1.54, 1.807) is 30.3 Å². The van der Waals surface area contributed by atoms with Crippen LogP contribution in [0.15, 0.2) is 33.7 Å². The quantitative estimate of drug-likeness (QED) is 0.320. The lowest BCUT2D eigenvalue weighted by Gasteiger charge is -2.14. The maximum atomic E-state index is 11.8. The molecule has 27 heavy (non-hydrogen) atoms. The molecule has 148 valence electrons. The SMILES string of the molecule is Cc1nc(CNC(=NCc2ccc(Br)cc2)NCC(=O)N(C)C)sc1C.I. The molecule has 0 fully saturated rings. The van der Waals surface area contributed by atoms with Gasteiger partial charge in [-0.1, -0.05) is 28.1 Å². The van der Waals surface area contributed by atoms with E-state index in [-0.39, 0.29) is 36.4 Å². The number of guanidine groups is 1. The highest BCUT2D eigenvalue weighted by atomic mass is 127. The van der Waals surface area contributed by atoms with Crippen LogP contribution in [0.1, 0.15) is 21.1 Å². The lowest BCUT2D eigenvalue weighted by molar-refractivity contribution is -0.127. The molecule has 0 aliphatic carbocycles. The van der Waals surface area contributed by atoms with Crippen LogP contribution in [0.3, 0.4) is 0 Å². The standard InChI is InChI=1S/C18H24BrN5OS.HI/c1-12-13(2)26-16(23-12)10-21-18(22-11-17(25)24(3)4)20-9-14-5-7-15(19)8-6-14;/h5-8H,9-11H2,1-4H3,(H2,20,21,22);1H. The highest BCUT2D eigenvalue weighted by Crippen LogP contribution is 2.16. The van der Waals surface area contributed by atoms with Crippen molar-refractivity contribution < 1.29 is 4.79 Å². The van der Waals surface area contributed by atoms with E-state index in [0.29, 0.717) is 19.0 Å². The molecule has 0 spiro atoms. The number of nitrogens with one attached hydrogen (secondary N) is 2. The second-order valence-corrected chi connectivity index (χ2v) is 8.24. The molecule has 9 heteroatoms. The molecule has 0 unspecified atom stereocenters. The number of hydrogen-bond donors (Lipinski definition) is 2. The number of likely N-dealkylation sites (N-methyl/N-ethyl adjacent to an activating group) is 1. The van der Waals surface area contributed by atoms with Crippen molar-refractivity contribution >= 4 is 63.1 Å². The topological polar surface area (TPSA) is 69.6 Å². The van der Waals surface area contributed by atoms with Gasteiger partial charge in [-0.2, -0.15) is 0 Å². The van der Waals surface area contributed by atoms with Crippen molar-refractivity contribution in [2.24, 2.45) is 4.99 Å². The molecule has 0 aliphatic rings. The second kappa shape index (κ2) is 11.6. The van der Waals surface area contributed by atoms with Gasteiger partial charge in [0.25, 0.3) is 0 Å². The van der Waals surface area contributed by atoms with Crippen molar-refractivity contribution in [1.29, 1.82) is 0 Å². The molecular formula is C18H25BrIN5OS. The van der Waals surface area contributed by atoms with Gasteiger partial charge in [-0.3, -0.25) is 4.79 Å². The zero-order chi connectivity index (χ0) is 19.1. The number of aromatic nitrogens is 1. The number of aliphatic imine (C=N–C) groups is 1. The summed E-state index contributed by atoms with van der Waals surface area (Å²) in [5, 5.41) is 7.35. The van der Waals surface area contributed by atoms with Crippen LogP contribution in [0.2, 0.25) is 0 Å². The molecule has 6 nitrogen and oxygen atoms in total. The summed E-state index contributed by atoms with van der Waals surface area (Å²) in [6.07, 6.45) is 0. The molecule has 0 bridgehead atoms. The lowest BCUT2D eigenvalue weighted by atomic mass is 10.2. The van der Waals surface area contributed by atoms with Gasteiger partial charge < -0.3 is 15.5 Å². The van der Waals surface area contributed by atoms with Crippen molar-refractivity contribution in [1.82, 2.24) is 20.5 Å². The number of thiazole rings is 1. The van der Waals surface area contributed by atoms with Gasteiger partial charge in [-0.05, 0) is 31.5 Å². The van der Waals surface area contributed by atoms with Gasteiger partial charge >= 0.3 is 0 Å². The predicted molar refractivity (Wildman–Crippen MR) is 126 cm³/mol. The summed E-state index contributed by atoms with van der Waals surface area (Å²) in [5.74, 6) is 0.581. The van der Waals surface area contributed by atoms with Crippen LogP contribution in [0.5, 0.6) is 0 Å². The van der Waals surface area contributed by atoms with Gasteiger partial charge in [0.1, 0.15) is 5.01 Å². The summed E-state index contributed by atoms with van der Waals surface area (Å²) < 4.78 is 1.03. The molecule has 1 aromatic carbocycles. The predicted octanol–water partition coefficient (Wildman–Crippen LogP) is 3.46. The molecular weight excluding hydrogens is 541 g/mol. The van der Waals surface area contributed by atoms with Crippen molar-refractivity contribution in [2.45, 2.75) is 26.9 Å². The number of carbonyl (C=O) groups excluding carboxylic acids is 1. The van der Waals surface area contributed by atoms with Gasteiger partial charge in [0.05, 0.1) is 25.3 Å². The summed E-state index contributed by atoms with van der Waals surface area (Å²) in [6.45, 7) is 5.35. The fraction of sp³-hybridized carbons (Fsp3) is 0.389. The monoisotopic (exact) mass is 565 g/mol. The van der Waals surface area contributed by atoms with Crippen LogP contribution in [-0.2, 0) is 17.9 Å². The van der Waals surface area contributed by atoms with E-state index in [4.69, 9.17) is 0 Å². The molecule has 0 atom stereocenters. The molecule has 1 heterocycles. The number of carbonyl (C=O) groups is 1. The molecule has 1 aromatic heterocycles. The van der Waals surface area contributed by atoms with Gasteiger partial charge in [-0.15, -0.1) is 35.3 Å². The summed E-state index contributed by atoms with van der Waals surface area (Å²) >= 11 is 5.09. The maximum Gasteiger partial charge on any atom is 0.241 e. The van der Waals surface area contributed by atoms with Crippen LogP contribution in [0.4, 0.5) is 0 Å². The van der Waals surface area contributed by atoms with Crippen LogP contribution < -0.4 is 10.6 Å². The average Bonchev–Trinajstić information content (AvgIpc) is 2.93. The van der Waals surface area contributed by atoms with E-state index >= 15 is 0 Å². The Labute approximate surface area is 190 Å². The molecule has 0 aliphatic heterocycles. The van der Waals surface area contributed by atoms with Crippen LogP contribution >= 0.6 is 51.2 Å². The normalized spacial score (nSPS) is 10.9. The highest BCUT2D eigenvalue weighted by molar-refractivity contribution is 14.0. The Morgan fingerprint density at radius 3 is 2.44 bits per heavy atom. The van der Waals surface area contributed by atoms with Crippen LogP contribution in [0.25, 0.3) is 0 Å². The van der Waals surface area contributed by atoms with E-state index in [1.807, 2.05) is 31.2 Å². The number of benzene rings is 1. The summed E-state index contributed by atoms with van der Waals surface area (Å²) in [5.41, 5.74) is 2.14. The largest absolute Gasteiger partial charge is 0.350 e. The van der Waals surface area contributed by atoms with Gasteiger partial charge in [0.15, 0.2) is 5.96 Å². The maximum absolute atomic E-state index is 11.8. The first kappa shape index (κ1) is 23.8. The lowest BCUT2D eigenvalue weighted by Crippen LogP contribution is -2.42. The first-order chi connectivity index (χ1) is 12.3. The van der Waals surface area contributed by atoms with Gasteiger partial charge in [0.2, 0.25) is 5.91 Å². The van der Waals surface area contributed by atoms with E-state index in [1.165, 1.54) is 4.88 Å². The van der Waals surface area contributed by atoms with E-state index < -0.39 is 0 Å². The minimum atomic E-state index is -0.0101. The average molecular weight is 566 g/mol. The molecule has 2 rings (SSSR count). The number of nitrogens with zero attached hydrogens (tertiary/aromatic N) is 3. The van der Waals surface area contributed by atoms with Crippen LogP contribution in [-0.4, -0.2) is 42.4 Å². The smallest absolute Gasteiger partial charge is 0.241 e. The van der Waals surface area contributed by atoms with Gasteiger partial charge in [0, 0.05) is 23.4 Å². The second-order valence-electron chi connectivity index (χ2n) is 6.04. The zero-order valence-corrected chi connectivity index (χ0v) is 20.6. The van der Waals surface area contributed by atoms with Crippen molar-refractivity contribution in [3.8, 4) is 0 Å². The number of aryl methyl sites for hydroxylation is 2. The Morgan fingerprint density at radius 2 is 1.89 bits per heavy atom. The third-order valence-electron chi connectivity index (χ3n) is 3.72. The van der Waals surface area contributed by atoms with Gasteiger partial charge in [-0.25, -0.2) is 9.98 Å². The summed E-state index contributed by atoms with van der Waals surface area (Å²) in [4.78, 5) is 23.7. The van der Waals surface area contributed by atoms with Crippen molar-refractivity contribution in [3.05, 3.63) is 49.9 Å². The third kappa shape index (κ3) is 8.14. The summed E-state index contributed by atoms with van der Waals surface area (Å²) in [6, 6.07) is 8.01. The van der Waals surface area contributed by atoms with E-state index in [2.05, 4.69) is 43.5 Å². The highest BCUT2D eigenvalue weighted by Gasteiger charge is 2.08. The fourth-order valence-corrected chi connectivity index (χ4v) is 3.16. The Kier molecular flexibility index (Phi) is 10.2.